The molecule has 1 heterocycles. The average molecular weight is 467 g/mol. The second-order valence-electron chi connectivity index (χ2n) is 9.01. The molecule has 34 heavy (non-hydrogen) atoms. The van der Waals surface area contributed by atoms with E-state index in [0.717, 1.165) is 12.8 Å². The zero-order valence-electron chi connectivity index (χ0n) is 19.8. The predicted octanol–water partition coefficient (Wildman–Crippen LogP) is 1.68. The lowest BCUT2D eigenvalue weighted by atomic mass is 9.90. The quantitative estimate of drug-likeness (QED) is 0.436. The van der Waals surface area contributed by atoms with Gasteiger partial charge in [-0.25, -0.2) is 4.79 Å². The van der Waals surface area contributed by atoms with Crippen molar-refractivity contribution >= 4 is 16.9 Å². The Labute approximate surface area is 197 Å². The van der Waals surface area contributed by atoms with Crippen molar-refractivity contribution in [2.75, 3.05) is 13.2 Å². The highest BCUT2D eigenvalue weighted by atomic mass is 16.7. The standard InChI is InChI=1S/C26H30N2O6/c1-13-14(2)16(4)21-10-17(9-20(21)15(13)3)27-11-23(31)18-5-7-22(30)26-19(18)6-8-24(32)28(26)34-25(33)12-29/h5-8,17,23,27,29-31H,9-12H2,1-4H3/t23-/m1/s1. The summed E-state index contributed by atoms with van der Waals surface area (Å²) in [5, 5.41) is 34.2. The number of aromatic hydroxyl groups is 1. The summed E-state index contributed by atoms with van der Waals surface area (Å²) in [4.78, 5) is 28.7. The van der Waals surface area contributed by atoms with E-state index in [4.69, 9.17) is 9.94 Å². The lowest BCUT2D eigenvalue weighted by molar-refractivity contribution is -0.147. The van der Waals surface area contributed by atoms with Gasteiger partial charge in [0.2, 0.25) is 0 Å². The van der Waals surface area contributed by atoms with Crippen LogP contribution in [0, 0.1) is 27.7 Å². The first-order valence-electron chi connectivity index (χ1n) is 11.3. The SMILES string of the molecule is Cc1c(C)c(C)c2c(c1C)CC(NC[C@@H](O)c1ccc(O)c3c1ccc(=O)n3OC(=O)CO)C2. The minimum absolute atomic E-state index is 0.0451. The molecule has 1 aliphatic rings. The molecule has 0 radical (unpaired) electrons. The topological polar surface area (TPSA) is 121 Å². The van der Waals surface area contributed by atoms with Crippen molar-refractivity contribution in [3.05, 3.63) is 73.6 Å². The number of carbonyl (C=O) groups is 1. The molecule has 0 saturated carbocycles. The van der Waals surface area contributed by atoms with E-state index in [2.05, 4.69) is 33.0 Å². The number of phenolic OH excluding ortho intramolecular Hbond substituents is 1. The highest BCUT2D eigenvalue weighted by Crippen LogP contribution is 2.34. The number of nitrogens with one attached hydrogen (secondary N) is 1. The van der Waals surface area contributed by atoms with Gasteiger partial charge in [0.1, 0.15) is 17.9 Å². The minimum atomic E-state index is -1.04. The third-order valence-electron chi connectivity index (χ3n) is 7.16. The predicted molar refractivity (Wildman–Crippen MR) is 128 cm³/mol. The van der Waals surface area contributed by atoms with Crippen LogP contribution in [-0.4, -0.2) is 45.2 Å². The molecule has 0 spiro atoms. The maximum atomic E-state index is 12.2. The van der Waals surface area contributed by atoms with Gasteiger partial charge in [0.25, 0.3) is 5.56 Å². The van der Waals surface area contributed by atoms with Gasteiger partial charge >= 0.3 is 5.97 Å². The summed E-state index contributed by atoms with van der Waals surface area (Å²) in [5.74, 6) is -1.33. The highest BCUT2D eigenvalue weighted by Gasteiger charge is 2.27. The van der Waals surface area contributed by atoms with Crippen LogP contribution in [0.4, 0.5) is 0 Å². The first-order valence-corrected chi connectivity index (χ1v) is 11.3. The Bertz CT molecular complexity index is 1310. The Morgan fingerprint density at radius 1 is 1.06 bits per heavy atom. The average Bonchev–Trinajstić information content (AvgIpc) is 3.26. The lowest BCUT2D eigenvalue weighted by Crippen LogP contribution is -2.34. The van der Waals surface area contributed by atoms with Gasteiger partial charge < -0.3 is 25.5 Å². The highest BCUT2D eigenvalue weighted by molar-refractivity contribution is 5.88. The molecule has 0 bridgehead atoms. The number of pyridine rings is 1. The lowest BCUT2D eigenvalue weighted by Gasteiger charge is -2.19. The molecule has 2 aromatic carbocycles. The first kappa shape index (κ1) is 23.9. The monoisotopic (exact) mass is 466 g/mol. The first-order chi connectivity index (χ1) is 16.1. The third kappa shape index (κ3) is 4.09. The zero-order valence-corrected chi connectivity index (χ0v) is 19.8. The largest absolute Gasteiger partial charge is 0.506 e. The molecule has 8 heteroatoms. The van der Waals surface area contributed by atoms with Crippen LogP contribution in [-0.2, 0) is 17.6 Å². The van der Waals surface area contributed by atoms with Crippen molar-refractivity contribution in [1.29, 1.82) is 0 Å². The molecule has 3 aromatic rings. The van der Waals surface area contributed by atoms with Crippen LogP contribution in [0.3, 0.4) is 0 Å². The van der Waals surface area contributed by atoms with Crippen LogP contribution >= 0.6 is 0 Å². The summed E-state index contributed by atoms with van der Waals surface area (Å²) in [6, 6.07) is 5.77. The minimum Gasteiger partial charge on any atom is -0.506 e. The van der Waals surface area contributed by atoms with Crippen LogP contribution in [0.25, 0.3) is 10.9 Å². The Kier molecular flexibility index (Phi) is 6.49. The van der Waals surface area contributed by atoms with Gasteiger partial charge in [0.15, 0.2) is 0 Å². The van der Waals surface area contributed by atoms with Gasteiger partial charge in [0, 0.05) is 24.0 Å². The second-order valence-corrected chi connectivity index (χ2v) is 9.01. The molecule has 8 nitrogen and oxygen atoms in total. The number of phenols is 1. The number of rotatable bonds is 6. The van der Waals surface area contributed by atoms with Gasteiger partial charge in [-0.2, -0.15) is 0 Å². The number of fused-ring (bicyclic) bond motifs is 2. The molecule has 1 aliphatic carbocycles. The Morgan fingerprint density at radius 2 is 1.68 bits per heavy atom. The van der Waals surface area contributed by atoms with Gasteiger partial charge in [-0.3, -0.25) is 4.79 Å². The molecule has 4 N–H and O–H groups in total. The molecule has 0 amide bonds. The Hall–Kier alpha value is -3.20. The van der Waals surface area contributed by atoms with Crippen molar-refractivity contribution in [3.8, 4) is 5.75 Å². The Balaban J connectivity index is 1.58. The van der Waals surface area contributed by atoms with E-state index in [9.17, 15) is 19.8 Å². The number of hydrogen-bond acceptors (Lipinski definition) is 7. The van der Waals surface area contributed by atoms with E-state index in [1.165, 1.54) is 51.6 Å². The molecule has 180 valence electrons. The summed E-state index contributed by atoms with van der Waals surface area (Å²) >= 11 is 0. The van der Waals surface area contributed by atoms with Crippen LogP contribution in [0.2, 0.25) is 0 Å². The molecule has 1 aromatic heterocycles. The smallest absolute Gasteiger partial charge is 0.358 e. The van der Waals surface area contributed by atoms with Crippen molar-refractivity contribution in [3.63, 3.8) is 0 Å². The van der Waals surface area contributed by atoms with Crippen molar-refractivity contribution in [2.24, 2.45) is 0 Å². The van der Waals surface area contributed by atoms with E-state index < -0.39 is 24.2 Å². The molecule has 0 fully saturated rings. The summed E-state index contributed by atoms with van der Waals surface area (Å²) < 4.78 is 0.636. The third-order valence-corrected chi connectivity index (χ3v) is 7.16. The van der Waals surface area contributed by atoms with E-state index in [-0.39, 0.29) is 23.9 Å². The number of aliphatic hydroxyl groups excluding tert-OH is 2. The summed E-state index contributed by atoms with van der Waals surface area (Å²) in [5.41, 5.74) is 7.86. The number of aromatic nitrogens is 1. The fourth-order valence-electron chi connectivity index (χ4n) is 4.96. The summed E-state index contributed by atoms with van der Waals surface area (Å²) in [6.07, 6.45) is 0.850. The van der Waals surface area contributed by atoms with Crippen LogP contribution in [0.1, 0.15) is 45.0 Å². The number of benzene rings is 2. The molecular weight excluding hydrogens is 436 g/mol. The number of hydrogen-bond donors (Lipinski definition) is 4. The maximum absolute atomic E-state index is 12.2. The zero-order chi connectivity index (χ0) is 24.7. The van der Waals surface area contributed by atoms with E-state index in [0.29, 0.717) is 15.7 Å². The molecule has 4 rings (SSSR count). The normalized spacial score (nSPS) is 14.4. The van der Waals surface area contributed by atoms with E-state index in [1.807, 2.05) is 0 Å². The summed E-state index contributed by atoms with van der Waals surface area (Å²) in [7, 11) is 0. The van der Waals surface area contributed by atoms with Crippen molar-refractivity contribution < 1.29 is 25.0 Å². The number of nitrogens with zero attached hydrogens (tertiary/aromatic N) is 1. The van der Waals surface area contributed by atoms with Gasteiger partial charge in [-0.1, -0.05) is 6.07 Å². The molecule has 0 saturated heterocycles. The Morgan fingerprint density at radius 3 is 2.26 bits per heavy atom. The molecular formula is C26H30N2O6. The van der Waals surface area contributed by atoms with Crippen LogP contribution < -0.4 is 15.7 Å². The van der Waals surface area contributed by atoms with E-state index >= 15 is 0 Å². The van der Waals surface area contributed by atoms with Gasteiger partial charge in [-0.05, 0) is 91.6 Å². The number of carbonyl (C=O) groups excluding carboxylic acids is 1. The van der Waals surface area contributed by atoms with Crippen LogP contribution in [0.5, 0.6) is 5.75 Å². The fraction of sp³-hybridized carbons (Fsp3) is 0.385. The molecule has 1 atom stereocenters. The molecule has 0 aliphatic heterocycles. The van der Waals surface area contributed by atoms with Crippen molar-refractivity contribution in [1.82, 2.24) is 10.0 Å². The van der Waals surface area contributed by atoms with Crippen molar-refractivity contribution in [2.45, 2.75) is 52.7 Å². The van der Waals surface area contributed by atoms with Crippen LogP contribution in [0.15, 0.2) is 29.1 Å². The molecule has 0 unspecified atom stereocenters. The van der Waals surface area contributed by atoms with Gasteiger partial charge in [-0.15, -0.1) is 4.73 Å². The fourth-order valence-corrected chi connectivity index (χ4v) is 4.96. The van der Waals surface area contributed by atoms with E-state index in [1.54, 1.807) is 6.07 Å². The number of aliphatic hydroxyl groups is 2. The maximum Gasteiger partial charge on any atom is 0.358 e. The summed E-state index contributed by atoms with van der Waals surface area (Å²) in [6.45, 7) is 8.01. The van der Waals surface area contributed by atoms with Gasteiger partial charge in [0.05, 0.1) is 6.10 Å². The second kappa shape index (κ2) is 9.21.